The molecule has 3 rings (SSSR count). The van der Waals surface area contributed by atoms with Crippen LogP contribution in [0.15, 0.2) is 30.3 Å². The van der Waals surface area contributed by atoms with Crippen molar-refractivity contribution in [3.63, 3.8) is 0 Å². The highest BCUT2D eigenvalue weighted by Gasteiger charge is 2.39. The summed E-state index contributed by atoms with van der Waals surface area (Å²) in [6.45, 7) is 1.27. The number of hydrogen-bond donors (Lipinski definition) is 1. The summed E-state index contributed by atoms with van der Waals surface area (Å²) >= 11 is 0. The van der Waals surface area contributed by atoms with Crippen molar-refractivity contribution in [3.05, 3.63) is 30.3 Å². The number of para-hydroxylation sites is 1. The van der Waals surface area contributed by atoms with Gasteiger partial charge in [0.15, 0.2) is 0 Å². The van der Waals surface area contributed by atoms with E-state index in [0.29, 0.717) is 31.7 Å². The Bertz CT molecular complexity index is 625. The number of aliphatic carboxylic acids is 1. The summed E-state index contributed by atoms with van der Waals surface area (Å²) in [4.78, 5) is 38.5. The number of ether oxygens (including phenoxy) is 1. The Morgan fingerprint density at radius 2 is 1.79 bits per heavy atom. The Morgan fingerprint density at radius 3 is 2.38 bits per heavy atom. The summed E-state index contributed by atoms with van der Waals surface area (Å²) < 4.78 is 5.31. The molecule has 1 aromatic rings. The molecule has 1 atom stereocenters. The molecule has 2 amide bonds. The average molecular weight is 332 g/mol. The molecule has 2 saturated heterocycles. The van der Waals surface area contributed by atoms with Gasteiger partial charge in [0, 0.05) is 32.1 Å². The van der Waals surface area contributed by atoms with E-state index in [4.69, 9.17) is 9.84 Å². The third-order valence-corrected chi connectivity index (χ3v) is 4.62. The number of hydrogen-bond acceptors (Lipinski definition) is 4. The third-order valence-electron chi connectivity index (χ3n) is 4.62. The molecule has 1 aromatic carbocycles. The van der Waals surface area contributed by atoms with Crippen LogP contribution >= 0.6 is 0 Å². The fourth-order valence-electron chi connectivity index (χ4n) is 3.26. The molecule has 24 heavy (non-hydrogen) atoms. The van der Waals surface area contributed by atoms with Gasteiger partial charge in [-0.25, -0.2) is 4.79 Å². The van der Waals surface area contributed by atoms with Crippen LogP contribution in [0.3, 0.4) is 0 Å². The molecule has 2 aliphatic heterocycles. The summed E-state index contributed by atoms with van der Waals surface area (Å²) in [5.41, 5.74) is 0. The molecule has 2 aliphatic rings. The van der Waals surface area contributed by atoms with Gasteiger partial charge in [-0.1, -0.05) is 18.2 Å². The minimum atomic E-state index is -0.922. The smallest absolute Gasteiger partial charge is 0.415 e. The lowest BCUT2D eigenvalue weighted by Crippen LogP contribution is -2.48. The molecule has 0 radical (unpaired) electrons. The van der Waals surface area contributed by atoms with Gasteiger partial charge in [-0.15, -0.1) is 0 Å². The molecule has 1 N–H and O–H groups in total. The first-order valence-electron chi connectivity index (χ1n) is 8.08. The third kappa shape index (κ3) is 3.50. The maximum Gasteiger partial charge on any atom is 0.415 e. The van der Waals surface area contributed by atoms with E-state index in [0.717, 1.165) is 0 Å². The van der Waals surface area contributed by atoms with Crippen LogP contribution in [0.25, 0.3) is 0 Å². The van der Waals surface area contributed by atoms with Crippen LogP contribution in [-0.2, 0) is 9.59 Å². The van der Waals surface area contributed by atoms with E-state index in [9.17, 15) is 14.4 Å². The van der Waals surface area contributed by atoms with Crippen LogP contribution in [-0.4, -0.2) is 58.6 Å². The first-order chi connectivity index (χ1) is 11.5. The Hall–Kier alpha value is -2.57. The molecule has 0 aliphatic carbocycles. The highest BCUT2D eigenvalue weighted by Crippen LogP contribution is 2.26. The van der Waals surface area contributed by atoms with Crippen molar-refractivity contribution in [1.29, 1.82) is 0 Å². The lowest BCUT2D eigenvalue weighted by atomic mass is 10.0. The van der Waals surface area contributed by atoms with Crippen molar-refractivity contribution >= 4 is 18.0 Å². The predicted molar refractivity (Wildman–Crippen MR) is 84.5 cm³/mol. The second-order valence-corrected chi connectivity index (χ2v) is 6.18. The van der Waals surface area contributed by atoms with Crippen LogP contribution < -0.4 is 4.74 Å². The monoisotopic (exact) mass is 332 g/mol. The number of likely N-dealkylation sites (tertiary alicyclic amines) is 2. The Balaban J connectivity index is 1.51. The van der Waals surface area contributed by atoms with Crippen molar-refractivity contribution in [2.75, 3.05) is 19.6 Å². The van der Waals surface area contributed by atoms with Crippen LogP contribution in [0.5, 0.6) is 5.75 Å². The first kappa shape index (κ1) is 16.3. The fraction of sp³-hybridized carbons (Fsp3) is 0.471. The van der Waals surface area contributed by atoms with Crippen molar-refractivity contribution in [3.8, 4) is 5.75 Å². The van der Waals surface area contributed by atoms with Gasteiger partial charge in [0.25, 0.3) is 0 Å². The first-order valence-corrected chi connectivity index (χ1v) is 8.08. The van der Waals surface area contributed by atoms with Gasteiger partial charge < -0.3 is 19.6 Å². The van der Waals surface area contributed by atoms with Crippen LogP contribution in [0, 0.1) is 5.92 Å². The molecule has 2 heterocycles. The lowest BCUT2D eigenvalue weighted by molar-refractivity contribution is -0.141. The Labute approximate surface area is 139 Å². The quantitative estimate of drug-likeness (QED) is 0.908. The van der Waals surface area contributed by atoms with Gasteiger partial charge in [0.1, 0.15) is 5.75 Å². The van der Waals surface area contributed by atoms with Gasteiger partial charge in [0.05, 0.1) is 5.92 Å². The van der Waals surface area contributed by atoms with E-state index in [1.165, 1.54) is 0 Å². The number of piperidine rings is 1. The zero-order valence-corrected chi connectivity index (χ0v) is 13.3. The second kappa shape index (κ2) is 6.90. The van der Waals surface area contributed by atoms with E-state index in [2.05, 4.69) is 0 Å². The lowest BCUT2D eigenvalue weighted by Gasteiger charge is -2.36. The van der Waals surface area contributed by atoms with Crippen molar-refractivity contribution in [2.45, 2.75) is 25.3 Å². The number of amides is 2. The molecular formula is C17H20N2O5. The number of carboxylic acid groups (broad SMARTS) is 1. The summed E-state index contributed by atoms with van der Waals surface area (Å²) in [5, 5.41) is 9.05. The maximum absolute atomic E-state index is 12.1. The van der Waals surface area contributed by atoms with Crippen molar-refractivity contribution in [2.24, 2.45) is 5.92 Å². The standard InChI is InChI=1S/C17H20N2O5/c20-15-10-12(16(21)22)11-19(15)13-6-8-18(9-7-13)17(23)24-14-4-2-1-3-5-14/h1-5,12-13H,6-11H2,(H,21,22). The van der Waals surface area contributed by atoms with Gasteiger partial charge in [0.2, 0.25) is 5.91 Å². The molecule has 2 fully saturated rings. The maximum atomic E-state index is 12.1. The van der Waals surface area contributed by atoms with E-state index in [-0.39, 0.29) is 24.9 Å². The molecule has 0 saturated carbocycles. The van der Waals surface area contributed by atoms with Crippen molar-refractivity contribution in [1.82, 2.24) is 9.80 Å². The number of nitrogens with zero attached hydrogens (tertiary/aromatic N) is 2. The molecule has 1 unspecified atom stereocenters. The van der Waals surface area contributed by atoms with E-state index in [1.54, 1.807) is 34.1 Å². The number of benzene rings is 1. The van der Waals surface area contributed by atoms with Crippen LogP contribution in [0.2, 0.25) is 0 Å². The Morgan fingerprint density at radius 1 is 1.12 bits per heavy atom. The molecule has 0 aromatic heterocycles. The molecular weight excluding hydrogens is 312 g/mol. The molecule has 7 heteroatoms. The zero-order chi connectivity index (χ0) is 17.1. The van der Waals surface area contributed by atoms with Gasteiger partial charge >= 0.3 is 12.1 Å². The van der Waals surface area contributed by atoms with Crippen molar-refractivity contribution < 1.29 is 24.2 Å². The molecule has 0 bridgehead atoms. The van der Waals surface area contributed by atoms with E-state index < -0.39 is 18.0 Å². The van der Waals surface area contributed by atoms with Gasteiger partial charge in [-0.3, -0.25) is 9.59 Å². The summed E-state index contributed by atoms with van der Waals surface area (Å²) in [6.07, 6.45) is 0.964. The topological polar surface area (TPSA) is 87.2 Å². The predicted octanol–water partition coefficient (Wildman–Crippen LogP) is 1.58. The highest BCUT2D eigenvalue weighted by atomic mass is 16.6. The van der Waals surface area contributed by atoms with Crippen LogP contribution in [0.1, 0.15) is 19.3 Å². The minimum absolute atomic E-state index is 0.00243. The molecule has 128 valence electrons. The van der Waals surface area contributed by atoms with E-state index >= 15 is 0 Å². The molecule has 0 spiro atoms. The largest absolute Gasteiger partial charge is 0.481 e. The number of carbonyl (C=O) groups is 3. The average Bonchev–Trinajstić information content (AvgIpc) is 2.98. The number of carboxylic acids is 1. The molecule has 7 nitrogen and oxygen atoms in total. The van der Waals surface area contributed by atoms with Gasteiger partial charge in [-0.2, -0.15) is 0 Å². The summed E-state index contributed by atoms with van der Waals surface area (Å²) in [5.74, 6) is -1.13. The minimum Gasteiger partial charge on any atom is -0.481 e. The fourth-order valence-corrected chi connectivity index (χ4v) is 3.26. The van der Waals surface area contributed by atoms with E-state index in [1.807, 2.05) is 6.07 Å². The second-order valence-electron chi connectivity index (χ2n) is 6.18. The SMILES string of the molecule is O=C(O)C1CC(=O)N(C2CCN(C(=O)Oc3ccccc3)CC2)C1. The normalized spacial score (nSPS) is 21.8. The highest BCUT2D eigenvalue weighted by molar-refractivity contribution is 5.86. The zero-order valence-electron chi connectivity index (χ0n) is 13.3. The number of rotatable bonds is 3. The summed E-state index contributed by atoms with van der Waals surface area (Å²) in [7, 11) is 0. The van der Waals surface area contributed by atoms with Crippen LogP contribution in [0.4, 0.5) is 4.79 Å². The Kier molecular flexibility index (Phi) is 4.69. The number of carbonyl (C=O) groups excluding carboxylic acids is 2. The van der Waals surface area contributed by atoms with Gasteiger partial charge in [-0.05, 0) is 25.0 Å². The summed E-state index contributed by atoms with van der Waals surface area (Å²) in [6, 6.07) is 8.89.